The Bertz CT molecular complexity index is 1200. The molecule has 0 spiro atoms. The molecule has 0 aliphatic carbocycles. The summed E-state index contributed by atoms with van der Waals surface area (Å²) in [5, 5.41) is 3.01. The highest BCUT2D eigenvalue weighted by atomic mass is 35.5. The Balaban J connectivity index is 1.56. The van der Waals surface area contributed by atoms with Crippen LogP contribution in [0.25, 0.3) is 0 Å². The Morgan fingerprint density at radius 2 is 1.81 bits per heavy atom. The summed E-state index contributed by atoms with van der Waals surface area (Å²) in [6.45, 7) is 3.17. The Hall–Kier alpha value is -3.14. The standard InChI is InChI=1S/C22H21ClN2O6S/c1-14-10-15(2)21(19(23)11-14)25-20(26)13-31-22(27)16-5-7-18(8-6-16)32(28,29)24-12-17-4-3-9-30-17/h3-11,24H,12-13H2,1-2H3,(H,25,26). The van der Waals surface area contributed by atoms with E-state index in [1.54, 1.807) is 25.1 Å². The maximum atomic E-state index is 12.3. The van der Waals surface area contributed by atoms with Crippen LogP contribution in [0.2, 0.25) is 5.02 Å². The molecule has 10 heteroatoms. The van der Waals surface area contributed by atoms with E-state index in [2.05, 4.69) is 10.0 Å². The highest BCUT2D eigenvalue weighted by Gasteiger charge is 2.17. The first-order valence-corrected chi connectivity index (χ1v) is 11.4. The minimum absolute atomic E-state index is 0.00128. The van der Waals surface area contributed by atoms with E-state index in [1.807, 2.05) is 13.0 Å². The molecule has 3 aromatic rings. The average molecular weight is 477 g/mol. The number of rotatable bonds is 8. The second kappa shape index (κ2) is 9.99. The fraction of sp³-hybridized carbons (Fsp3) is 0.182. The quantitative estimate of drug-likeness (QED) is 0.477. The zero-order valence-corrected chi connectivity index (χ0v) is 18.9. The summed E-state index contributed by atoms with van der Waals surface area (Å²) in [7, 11) is -3.79. The molecule has 0 bridgehead atoms. The summed E-state index contributed by atoms with van der Waals surface area (Å²) >= 11 is 6.16. The van der Waals surface area contributed by atoms with Gasteiger partial charge in [-0.05, 0) is 67.4 Å². The van der Waals surface area contributed by atoms with Crippen LogP contribution in [0.1, 0.15) is 27.2 Å². The normalized spacial score (nSPS) is 11.2. The van der Waals surface area contributed by atoms with Crippen LogP contribution in [-0.2, 0) is 26.1 Å². The van der Waals surface area contributed by atoms with Crippen molar-refractivity contribution in [3.8, 4) is 0 Å². The topological polar surface area (TPSA) is 115 Å². The van der Waals surface area contributed by atoms with Crippen LogP contribution in [0.15, 0.2) is 64.1 Å². The van der Waals surface area contributed by atoms with Crippen molar-refractivity contribution in [1.82, 2.24) is 4.72 Å². The first-order chi connectivity index (χ1) is 15.2. The van der Waals surface area contributed by atoms with E-state index < -0.39 is 28.5 Å². The van der Waals surface area contributed by atoms with Gasteiger partial charge in [0.15, 0.2) is 6.61 Å². The van der Waals surface area contributed by atoms with Crippen LogP contribution >= 0.6 is 11.6 Å². The third-order valence-electron chi connectivity index (χ3n) is 4.45. The van der Waals surface area contributed by atoms with Crippen molar-refractivity contribution in [3.63, 3.8) is 0 Å². The minimum Gasteiger partial charge on any atom is -0.468 e. The number of anilines is 1. The number of nitrogens with one attached hydrogen (secondary N) is 2. The number of furan rings is 1. The number of esters is 1. The fourth-order valence-corrected chi connectivity index (χ4v) is 4.26. The van der Waals surface area contributed by atoms with Crippen molar-refractivity contribution in [2.75, 3.05) is 11.9 Å². The lowest BCUT2D eigenvalue weighted by Crippen LogP contribution is -2.23. The number of ether oxygens (including phenoxy) is 1. The molecule has 1 aromatic heterocycles. The fourth-order valence-electron chi connectivity index (χ4n) is 2.90. The van der Waals surface area contributed by atoms with Gasteiger partial charge in [0.1, 0.15) is 5.76 Å². The van der Waals surface area contributed by atoms with Gasteiger partial charge < -0.3 is 14.5 Å². The molecule has 3 rings (SSSR count). The molecule has 0 aliphatic heterocycles. The lowest BCUT2D eigenvalue weighted by atomic mass is 10.1. The van der Waals surface area contributed by atoms with E-state index in [1.165, 1.54) is 30.5 Å². The van der Waals surface area contributed by atoms with Crippen molar-refractivity contribution in [1.29, 1.82) is 0 Å². The summed E-state index contributed by atoms with van der Waals surface area (Å²) in [6.07, 6.45) is 1.45. The molecule has 0 saturated heterocycles. The summed E-state index contributed by atoms with van der Waals surface area (Å²) in [5.74, 6) is -0.845. The lowest BCUT2D eigenvalue weighted by molar-refractivity contribution is -0.119. The summed E-state index contributed by atoms with van der Waals surface area (Å²) in [6, 6.07) is 12.0. The Morgan fingerprint density at radius 3 is 2.44 bits per heavy atom. The predicted molar refractivity (Wildman–Crippen MR) is 119 cm³/mol. The van der Waals surface area contributed by atoms with E-state index in [0.29, 0.717) is 16.5 Å². The van der Waals surface area contributed by atoms with Crippen molar-refractivity contribution in [2.24, 2.45) is 0 Å². The maximum Gasteiger partial charge on any atom is 0.338 e. The molecule has 0 saturated carbocycles. The molecule has 2 aromatic carbocycles. The van der Waals surface area contributed by atoms with Crippen molar-refractivity contribution < 1.29 is 27.2 Å². The molecule has 0 fully saturated rings. The second-order valence-electron chi connectivity index (χ2n) is 6.99. The molecular formula is C22H21ClN2O6S. The number of hydrogen-bond donors (Lipinski definition) is 2. The SMILES string of the molecule is Cc1cc(C)c(NC(=O)COC(=O)c2ccc(S(=O)(=O)NCc3ccco3)cc2)c(Cl)c1. The highest BCUT2D eigenvalue weighted by Crippen LogP contribution is 2.27. The monoisotopic (exact) mass is 476 g/mol. The van der Waals surface area contributed by atoms with E-state index in [-0.39, 0.29) is 17.0 Å². The summed E-state index contributed by atoms with van der Waals surface area (Å²) < 4.78 is 37.2. The van der Waals surface area contributed by atoms with Gasteiger partial charge in [0, 0.05) is 0 Å². The van der Waals surface area contributed by atoms with Gasteiger partial charge >= 0.3 is 5.97 Å². The van der Waals surface area contributed by atoms with Crippen LogP contribution in [0.3, 0.4) is 0 Å². The summed E-state index contributed by atoms with van der Waals surface area (Å²) in [5.41, 5.74) is 2.30. The number of sulfonamides is 1. The maximum absolute atomic E-state index is 12.3. The number of hydrogen-bond acceptors (Lipinski definition) is 6. The van der Waals surface area contributed by atoms with Gasteiger partial charge in [-0.3, -0.25) is 4.79 Å². The molecule has 0 unspecified atom stereocenters. The molecule has 2 N–H and O–H groups in total. The summed E-state index contributed by atoms with van der Waals surface area (Å²) in [4.78, 5) is 24.3. The van der Waals surface area contributed by atoms with Crippen LogP contribution in [0, 0.1) is 13.8 Å². The molecule has 0 atom stereocenters. The van der Waals surface area contributed by atoms with Gasteiger partial charge in [0.05, 0.1) is 34.0 Å². The third-order valence-corrected chi connectivity index (χ3v) is 6.16. The number of carbonyl (C=O) groups excluding carboxylic acids is 2. The van der Waals surface area contributed by atoms with Crippen LogP contribution in [0.5, 0.6) is 0 Å². The van der Waals surface area contributed by atoms with E-state index >= 15 is 0 Å². The van der Waals surface area contributed by atoms with Gasteiger partial charge in [-0.25, -0.2) is 17.9 Å². The van der Waals surface area contributed by atoms with Crippen LogP contribution in [0.4, 0.5) is 5.69 Å². The first-order valence-electron chi connectivity index (χ1n) is 9.51. The van der Waals surface area contributed by atoms with Crippen molar-refractivity contribution in [3.05, 3.63) is 82.3 Å². The van der Waals surface area contributed by atoms with Gasteiger partial charge in [0.2, 0.25) is 10.0 Å². The number of benzene rings is 2. The molecule has 168 valence electrons. The van der Waals surface area contributed by atoms with E-state index in [0.717, 1.165) is 11.1 Å². The Labute approximate surface area is 190 Å². The second-order valence-corrected chi connectivity index (χ2v) is 9.17. The van der Waals surface area contributed by atoms with Crippen LogP contribution < -0.4 is 10.0 Å². The lowest BCUT2D eigenvalue weighted by Gasteiger charge is -2.12. The molecular weight excluding hydrogens is 456 g/mol. The molecule has 1 heterocycles. The number of halogens is 1. The van der Waals surface area contributed by atoms with Gasteiger partial charge in [0.25, 0.3) is 5.91 Å². The average Bonchev–Trinajstić information content (AvgIpc) is 3.27. The number of amides is 1. The molecule has 0 radical (unpaired) electrons. The molecule has 1 amide bonds. The van der Waals surface area contributed by atoms with Gasteiger partial charge in [-0.1, -0.05) is 17.7 Å². The first kappa shape index (κ1) is 23.5. The van der Waals surface area contributed by atoms with Crippen LogP contribution in [-0.4, -0.2) is 26.9 Å². The minimum atomic E-state index is -3.79. The van der Waals surface area contributed by atoms with Crippen molar-refractivity contribution >= 4 is 39.2 Å². The van der Waals surface area contributed by atoms with Gasteiger partial charge in [-0.15, -0.1) is 0 Å². The van der Waals surface area contributed by atoms with E-state index in [9.17, 15) is 18.0 Å². The Kier molecular flexibility index (Phi) is 7.34. The largest absolute Gasteiger partial charge is 0.468 e. The number of aryl methyl sites for hydroxylation is 2. The Morgan fingerprint density at radius 1 is 1.09 bits per heavy atom. The zero-order valence-electron chi connectivity index (χ0n) is 17.3. The number of carbonyl (C=O) groups is 2. The third kappa shape index (κ3) is 5.97. The smallest absolute Gasteiger partial charge is 0.338 e. The molecule has 32 heavy (non-hydrogen) atoms. The zero-order chi connectivity index (χ0) is 23.3. The molecule has 8 nitrogen and oxygen atoms in total. The highest BCUT2D eigenvalue weighted by molar-refractivity contribution is 7.89. The van der Waals surface area contributed by atoms with Gasteiger partial charge in [-0.2, -0.15) is 0 Å². The molecule has 0 aliphatic rings. The predicted octanol–water partition coefficient (Wildman–Crippen LogP) is 3.82. The van der Waals surface area contributed by atoms with Crippen molar-refractivity contribution in [2.45, 2.75) is 25.3 Å². The van der Waals surface area contributed by atoms with E-state index in [4.69, 9.17) is 20.8 Å².